The van der Waals surface area contributed by atoms with E-state index < -0.39 is 12.0 Å². The van der Waals surface area contributed by atoms with Gasteiger partial charge >= 0.3 is 5.97 Å². The molecule has 1 aliphatic carbocycles. The van der Waals surface area contributed by atoms with Crippen LogP contribution in [-0.4, -0.2) is 28.8 Å². The van der Waals surface area contributed by atoms with Crippen LogP contribution < -0.4 is 5.32 Å². The van der Waals surface area contributed by atoms with E-state index in [2.05, 4.69) is 39.9 Å². The average Bonchev–Trinajstić information content (AvgIpc) is 2.82. The molecule has 0 aliphatic heterocycles. The first-order valence-electron chi connectivity index (χ1n) is 6.86. The van der Waals surface area contributed by atoms with Crippen molar-refractivity contribution in [1.82, 2.24) is 5.32 Å². The normalized spacial score (nSPS) is 19.7. The Kier molecular flexibility index (Phi) is 5.32. The van der Waals surface area contributed by atoms with Gasteiger partial charge in [-0.3, -0.25) is 9.59 Å². The number of rotatable bonds is 5. The van der Waals surface area contributed by atoms with Crippen LogP contribution in [0.2, 0.25) is 0 Å². The first-order valence-corrected chi connectivity index (χ1v) is 8.29. The molecule has 3 atom stereocenters. The number of carboxylic acids is 1. The lowest BCUT2D eigenvalue weighted by Gasteiger charge is -2.23. The SMILES string of the molecule is C[C@H](NC(=O)[C@H](CS)[C@H]1CCc2cc(Br)ccc21)C(=O)O. The Balaban J connectivity index is 2.16. The summed E-state index contributed by atoms with van der Waals surface area (Å²) in [5.74, 6) is -1.07. The molecule has 0 saturated heterocycles. The van der Waals surface area contributed by atoms with Gasteiger partial charge < -0.3 is 10.4 Å². The standard InChI is InChI=1S/C15H18BrNO3S/c1-8(15(19)20)17-14(18)13(7-21)12-4-2-9-6-10(16)3-5-11(9)12/h3,5-6,8,12-13,21H,2,4,7H2,1H3,(H,17,18)(H,19,20)/t8-,12-,13+/m0/s1. The van der Waals surface area contributed by atoms with E-state index in [1.807, 2.05) is 12.1 Å². The number of carbonyl (C=O) groups is 2. The van der Waals surface area contributed by atoms with E-state index in [4.69, 9.17) is 5.11 Å². The van der Waals surface area contributed by atoms with Crippen LogP contribution in [0.4, 0.5) is 0 Å². The Labute approximate surface area is 137 Å². The van der Waals surface area contributed by atoms with Crippen molar-refractivity contribution in [1.29, 1.82) is 0 Å². The molecule has 0 saturated carbocycles. The number of thiol groups is 1. The van der Waals surface area contributed by atoms with Gasteiger partial charge in [-0.1, -0.05) is 22.0 Å². The van der Waals surface area contributed by atoms with E-state index in [1.165, 1.54) is 18.1 Å². The molecule has 21 heavy (non-hydrogen) atoms. The van der Waals surface area contributed by atoms with Crippen molar-refractivity contribution in [2.45, 2.75) is 31.7 Å². The lowest BCUT2D eigenvalue weighted by atomic mass is 9.87. The first kappa shape index (κ1) is 16.4. The Morgan fingerprint density at radius 2 is 2.24 bits per heavy atom. The molecule has 0 radical (unpaired) electrons. The summed E-state index contributed by atoms with van der Waals surface area (Å²) in [6.45, 7) is 1.47. The molecule has 1 amide bonds. The van der Waals surface area contributed by atoms with Gasteiger partial charge in [-0.05, 0) is 48.9 Å². The fourth-order valence-corrected chi connectivity index (χ4v) is 3.64. The molecule has 1 aromatic rings. The largest absolute Gasteiger partial charge is 0.480 e. The van der Waals surface area contributed by atoms with E-state index in [-0.39, 0.29) is 17.7 Å². The second kappa shape index (κ2) is 6.83. The molecule has 2 N–H and O–H groups in total. The number of benzene rings is 1. The van der Waals surface area contributed by atoms with Crippen molar-refractivity contribution >= 4 is 40.4 Å². The minimum absolute atomic E-state index is 0.103. The number of fused-ring (bicyclic) bond motifs is 1. The van der Waals surface area contributed by atoms with E-state index in [0.29, 0.717) is 5.75 Å². The summed E-state index contributed by atoms with van der Waals surface area (Å²) in [5.41, 5.74) is 2.43. The van der Waals surface area contributed by atoms with Crippen LogP contribution in [0.25, 0.3) is 0 Å². The van der Waals surface area contributed by atoms with Gasteiger partial charge in [0.25, 0.3) is 0 Å². The van der Waals surface area contributed by atoms with Crippen molar-refractivity contribution < 1.29 is 14.7 Å². The Hall–Kier alpha value is -1.01. The number of halogens is 1. The third-order valence-electron chi connectivity index (χ3n) is 3.98. The van der Waals surface area contributed by atoms with Gasteiger partial charge in [-0.25, -0.2) is 0 Å². The van der Waals surface area contributed by atoms with Crippen LogP contribution in [0.3, 0.4) is 0 Å². The van der Waals surface area contributed by atoms with Gasteiger partial charge in [0.2, 0.25) is 5.91 Å². The number of hydrogen-bond acceptors (Lipinski definition) is 3. The van der Waals surface area contributed by atoms with Gasteiger partial charge in [0.1, 0.15) is 6.04 Å². The fraction of sp³-hybridized carbons (Fsp3) is 0.467. The van der Waals surface area contributed by atoms with Crippen LogP contribution >= 0.6 is 28.6 Å². The van der Waals surface area contributed by atoms with E-state index in [9.17, 15) is 9.59 Å². The Morgan fingerprint density at radius 3 is 2.86 bits per heavy atom. The highest BCUT2D eigenvalue weighted by Gasteiger charge is 2.34. The maximum absolute atomic E-state index is 12.3. The molecule has 1 aromatic carbocycles. The zero-order valence-corrected chi connectivity index (χ0v) is 14.2. The molecule has 2 rings (SSSR count). The highest BCUT2D eigenvalue weighted by Crippen LogP contribution is 2.40. The summed E-state index contributed by atoms with van der Waals surface area (Å²) < 4.78 is 1.04. The molecule has 4 nitrogen and oxygen atoms in total. The van der Waals surface area contributed by atoms with Crippen molar-refractivity contribution in [3.05, 3.63) is 33.8 Å². The van der Waals surface area contributed by atoms with Crippen LogP contribution in [0.5, 0.6) is 0 Å². The maximum Gasteiger partial charge on any atom is 0.325 e. The van der Waals surface area contributed by atoms with Crippen LogP contribution in [-0.2, 0) is 16.0 Å². The van der Waals surface area contributed by atoms with E-state index in [0.717, 1.165) is 17.3 Å². The number of nitrogens with one attached hydrogen (secondary N) is 1. The minimum atomic E-state index is -1.03. The van der Waals surface area contributed by atoms with Crippen LogP contribution in [0, 0.1) is 5.92 Å². The molecule has 0 aromatic heterocycles. The number of aryl methyl sites for hydroxylation is 1. The number of carbonyl (C=O) groups excluding carboxylic acids is 1. The van der Waals surface area contributed by atoms with Crippen LogP contribution in [0.15, 0.2) is 22.7 Å². The van der Waals surface area contributed by atoms with Crippen molar-refractivity contribution in [2.24, 2.45) is 5.92 Å². The second-order valence-electron chi connectivity index (χ2n) is 5.35. The summed E-state index contributed by atoms with van der Waals surface area (Å²) >= 11 is 7.76. The van der Waals surface area contributed by atoms with Gasteiger partial charge in [0.15, 0.2) is 0 Å². The highest BCUT2D eigenvalue weighted by molar-refractivity contribution is 9.10. The lowest BCUT2D eigenvalue weighted by Crippen LogP contribution is -2.43. The van der Waals surface area contributed by atoms with Gasteiger partial charge in [-0.2, -0.15) is 12.6 Å². The maximum atomic E-state index is 12.3. The van der Waals surface area contributed by atoms with E-state index >= 15 is 0 Å². The number of hydrogen-bond donors (Lipinski definition) is 3. The molecule has 1 aliphatic rings. The zero-order chi connectivity index (χ0) is 15.6. The Bertz CT molecular complexity index is 564. The van der Waals surface area contributed by atoms with Crippen LogP contribution in [0.1, 0.15) is 30.4 Å². The average molecular weight is 372 g/mol. The lowest BCUT2D eigenvalue weighted by molar-refractivity contribution is -0.141. The molecule has 0 bridgehead atoms. The quantitative estimate of drug-likeness (QED) is 0.697. The third-order valence-corrected chi connectivity index (χ3v) is 4.86. The molecule has 114 valence electrons. The monoisotopic (exact) mass is 371 g/mol. The summed E-state index contributed by atoms with van der Waals surface area (Å²) in [7, 11) is 0. The van der Waals surface area contributed by atoms with Gasteiger partial charge in [-0.15, -0.1) is 0 Å². The predicted molar refractivity (Wildman–Crippen MR) is 87.8 cm³/mol. The zero-order valence-electron chi connectivity index (χ0n) is 11.7. The molecule has 0 spiro atoms. The molecular weight excluding hydrogens is 354 g/mol. The van der Waals surface area contributed by atoms with E-state index in [1.54, 1.807) is 0 Å². The topological polar surface area (TPSA) is 66.4 Å². The smallest absolute Gasteiger partial charge is 0.325 e. The van der Waals surface area contributed by atoms with Crippen molar-refractivity contribution in [3.8, 4) is 0 Å². The van der Waals surface area contributed by atoms with Crippen molar-refractivity contribution in [2.75, 3.05) is 5.75 Å². The minimum Gasteiger partial charge on any atom is -0.480 e. The number of carboxylic acid groups (broad SMARTS) is 1. The molecular formula is C15H18BrNO3S. The second-order valence-corrected chi connectivity index (χ2v) is 6.63. The van der Waals surface area contributed by atoms with Gasteiger partial charge in [0, 0.05) is 10.2 Å². The van der Waals surface area contributed by atoms with Gasteiger partial charge in [0.05, 0.1) is 5.92 Å². The Morgan fingerprint density at radius 1 is 1.52 bits per heavy atom. The summed E-state index contributed by atoms with van der Waals surface area (Å²) in [6, 6.07) is 5.22. The first-order chi connectivity index (χ1) is 9.93. The summed E-state index contributed by atoms with van der Waals surface area (Å²) in [5, 5.41) is 11.5. The molecule has 6 heteroatoms. The predicted octanol–water partition coefficient (Wildman–Crippen LogP) is 2.61. The van der Waals surface area contributed by atoms with Crippen molar-refractivity contribution in [3.63, 3.8) is 0 Å². The summed E-state index contributed by atoms with van der Waals surface area (Å²) in [4.78, 5) is 23.2. The molecule has 0 fully saturated rings. The fourth-order valence-electron chi connectivity index (χ4n) is 2.81. The highest BCUT2D eigenvalue weighted by atomic mass is 79.9. The molecule has 0 unspecified atom stereocenters. The molecule has 0 heterocycles. The summed E-state index contributed by atoms with van der Waals surface area (Å²) in [6.07, 6.45) is 1.83. The third kappa shape index (κ3) is 3.61. The number of amides is 1. The number of aliphatic carboxylic acids is 1.